The van der Waals surface area contributed by atoms with Gasteiger partial charge in [-0.3, -0.25) is 19.4 Å². The number of hydrogen-bond acceptors (Lipinski definition) is 19. The van der Waals surface area contributed by atoms with E-state index >= 15 is 0 Å². The second-order valence-corrected chi connectivity index (χ2v) is 5.08. The fourth-order valence-corrected chi connectivity index (χ4v) is 1.48. The summed E-state index contributed by atoms with van der Waals surface area (Å²) in [4.78, 5) is 118. The molecule has 0 aromatic heterocycles. The minimum atomic E-state index is -2.50. The molecule has 0 amide bonds. The molecule has 19 heteroatoms. The number of carbonyl (C=O) groups excluding carboxylic acids is 8. The predicted octanol–water partition coefficient (Wildman–Crippen LogP) is -4.64. The summed E-state index contributed by atoms with van der Waals surface area (Å²) in [7, 11) is 0. The van der Waals surface area contributed by atoms with Gasteiger partial charge in [-0.25, -0.2) is 58.1 Å². The molecule has 3 N–H and O–H groups in total. The van der Waals surface area contributed by atoms with Crippen LogP contribution in [0.5, 0.6) is 0 Å². The van der Waals surface area contributed by atoms with Gasteiger partial charge in [0, 0.05) is 0 Å². The van der Waals surface area contributed by atoms with E-state index in [0.29, 0.717) is 0 Å². The first kappa shape index (κ1) is 28.6. The Hall–Kier alpha value is -4.36. The first-order chi connectivity index (χ1) is 15.6. The Balaban J connectivity index is 4.65. The van der Waals surface area contributed by atoms with Crippen LogP contribution in [0.3, 0.4) is 0 Å². The van der Waals surface area contributed by atoms with Crippen LogP contribution in [0.2, 0.25) is 0 Å². The lowest BCUT2D eigenvalue weighted by Crippen LogP contribution is -2.45. The highest BCUT2D eigenvalue weighted by Gasteiger charge is 2.43. The quantitative estimate of drug-likeness (QED) is 0.0955. The summed E-state index contributed by atoms with van der Waals surface area (Å²) >= 11 is 0. The van der Waals surface area contributed by atoms with E-state index in [2.05, 4.69) is 39.1 Å². The highest BCUT2D eigenvalue weighted by atomic mass is 17.2. The van der Waals surface area contributed by atoms with Gasteiger partial charge in [0.25, 0.3) is 0 Å². The molecule has 19 nitrogen and oxygen atoms in total. The SMILES string of the molecule is O=COOC(=O)CC(=O)OOC(=O)CC(=O)OOC(=O)C(C(=O)OOC=O)C(O)C(O)CO. The summed E-state index contributed by atoms with van der Waals surface area (Å²) in [6.07, 6.45) is -7.04. The molecule has 0 aromatic rings. The molecule has 3 unspecified atom stereocenters. The molecule has 3 atom stereocenters. The molecule has 0 heterocycles. The minimum Gasteiger partial charge on any atom is -0.394 e. The zero-order valence-electron chi connectivity index (χ0n) is 15.9. The van der Waals surface area contributed by atoms with Crippen LogP contribution in [0.25, 0.3) is 0 Å². The van der Waals surface area contributed by atoms with Crippen molar-refractivity contribution in [2.75, 3.05) is 6.61 Å². The predicted molar refractivity (Wildman–Crippen MR) is 82.7 cm³/mol. The zero-order valence-corrected chi connectivity index (χ0v) is 15.9. The molecule has 0 aromatic carbocycles. The molecule has 0 aliphatic rings. The summed E-state index contributed by atoms with van der Waals surface area (Å²) in [6, 6.07) is 0. The topological polar surface area (TPSA) is 271 Å². The van der Waals surface area contributed by atoms with E-state index in [1.807, 2.05) is 0 Å². The van der Waals surface area contributed by atoms with Gasteiger partial charge >= 0.3 is 48.8 Å². The maximum absolute atomic E-state index is 11.8. The molecule has 0 saturated heterocycles. The molecule has 0 rings (SSSR count). The Bertz CT molecular complexity index is 743. The molecule has 0 spiro atoms. The molecule has 0 fully saturated rings. The maximum atomic E-state index is 11.8. The standard InChI is InChI=1S/C14H14O19/c15-3-6(18)12(23)11(13(24)32-27-5-17)14(25)33-31-10(22)2-9(21)30-29-8(20)1-7(19)28-26-4-16/h4-6,11-12,15,18,23H,1-3H2. The van der Waals surface area contributed by atoms with Gasteiger partial charge in [0.1, 0.15) is 12.2 Å². The number of aliphatic hydroxyl groups is 3. The summed E-state index contributed by atoms with van der Waals surface area (Å²) in [5.74, 6) is -12.4. The summed E-state index contributed by atoms with van der Waals surface area (Å²) in [5.41, 5.74) is 0. The van der Waals surface area contributed by atoms with E-state index in [1.165, 1.54) is 0 Å². The van der Waals surface area contributed by atoms with Gasteiger partial charge in [0.2, 0.25) is 0 Å². The van der Waals surface area contributed by atoms with E-state index in [1.54, 1.807) is 0 Å². The Morgan fingerprint density at radius 2 is 1.03 bits per heavy atom. The second-order valence-electron chi connectivity index (χ2n) is 5.08. The van der Waals surface area contributed by atoms with Crippen molar-refractivity contribution in [3.63, 3.8) is 0 Å². The van der Waals surface area contributed by atoms with Crippen LogP contribution < -0.4 is 0 Å². The second kappa shape index (κ2) is 15.4. The van der Waals surface area contributed by atoms with Crippen LogP contribution in [0, 0.1) is 5.92 Å². The number of hydrogen-bond donors (Lipinski definition) is 3. The molecular formula is C14H14O19. The average molecular weight is 486 g/mol. The summed E-state index contributed by atoms with van der Waals surface area (Å²) in [5, 5.41) is 27.8. The van der Waals surface area contributed by atoms with Crippen LogP contribution in [0.1, 0.15) is 12.8 Å². The van der Waals surface area contributed by atoms with Gasteiger partial charge in [-0.15, -0.1) is 0 Å². The van der Waals surface area contributed by atoms with E-state index in [-0.39, 0.29) is 6.47 Å². The third kappa shape index (κ3) is 11.6. The van der Waals surface area contributed by atoms with Crippen LogP contribution in [0.15, 0.2) is 0 Å². The van der Waals surface area contributed by atoms with Crippen molar-refractivity contribution in [2.24, 2.45) is 5.92 Å². The van der Waals surface area contributed by atoms with Crippen molar-refractivity contribution >= 4 is 48.8 Å². The van der Waals surface area contributed by atoms with E-state index in [9.17, 15) is 48.6 Å². The third-order valence-corrected chi connectivity index (χ3v) is 2.80. The smallest absolute Gasteiger partial charge is 0.372 e. The number of aliphatic hydroxyl groups excluding tert-OH is 3. The Morgan fingerprint density at radius 3 is 1.48 bits per heavy atom. The van der Waals surface area contributed by atoms with Gasteiger partial charge in [-0.05, 0) is 0 Å². The molecule has 33 heavy (non-hydrogen) atoms. The Morgan fingerprint density at radius 1 is 0.636 bits per heavy atom. The summed E-state index contributed by atoms with van der Waals surface area (Å²) < 4.78 is 0. The maximum Gasteiger partial charge on any atom is 0.372 e. The Labute approximate surface area is 180 Å². The largest absolute Gasteiger partial charge is 0.394 e. The van der Waals surface area contributed by atoms with Crippen LogP contribution in [-0.2, 0) is 77.5 Å². The van der Waals surface area contributed by atoms with Crippen molar-refractivity contribution in [3.8, 4) is 0 Å². The van der Waals surface area contributed by atoms with E-state index in [0.717, 1.165) is 0 Å². The molecule has 0 bridgehead atoms. The van der Waals surface area contributed by atoms with Crippen LogP contribution >= 0.6 is 0 Å². The van der Waals surface area contributed by atoms with Crippen molar-refractivity contribution in [2.45, 2.75) is 25.0 Å². The van der Waals surface area contributed by atoms with Crippen molar-refractivity contribution < 1.29 is 92.8 Å². The number of rotatable bonds is 13. The lowest BCUT2D eigenvalue weighted by molar-refractivity contribution is -0.277. The lowest BCUT2D eigenvalue weighted by atomic mass is 9.98. The zero-order chi connectivity index (χ0) is 25.4. The van der Waals surface area contributed by atoms with Gasteiger partial charge in [0.05, 0.1) is 6.61 Å². The van der Waals surface area contributed by atoms with Gasteiger partial charge in [-0.1, -0.05) is 0 Å². The van der Waals surface area contributed by atoms with Crippen molar-refractivity contribution in [3.05, 3.63) is 0 Å². The third-order valence-electron chi connectivity index (χ3n) is 2.80. The molecule has 0 aliphatic heterocycles. The molecule has 0 radical (unpaired) electrons. The monoisotopic (exact) mass is 486 g/mol. The number of carbonyl (C=O) groups is 8. The van der Waals surface area contributed by atoms with Crippen LogP contribution in [-0.4, -0.2) is 82.9 Å². The highest BCUT2D eigenvalue weighted by molar-refractivity contribution is 5.96. The van der Waals surface area contributed by atoms with Crippen molar-refractivity contribution in [1.82, 2.24) is 0 Å². The average Bonchev–Trinajstić information content (AvgIpc) is 2.78. The summed E-state index contributed by atoms with van der Waals surface area (Å²) in [6.45, 7) is -1.82. The fraction of sp³-hybridized carbons (Fsp3) is 0.429. The minimum absolute atomic E-state index is 0.276. The van der Waals surface area contributed by atoms with Crippen LogP contribution in [0.4, 0.5) is 0 Å². The molecule has 184 valence electrons. The molecule has 0 saturated carbocycles. The first-order valence-corrected chi connectivity index (χ1v) is 7.96. The van der Waals surface area contributed by atoms with Crippen molar-refractivity contribution in [1.29, 1.82) is 0 Å². The lowest BCUT2D eigenvalue weighted by Gasteiger charge is -2.20. The van der Waals surface area contributed by atoms with Gasteiger partial charge in [-0.2, -0.15) is 0 Å². The molecule has 0 aliphatic carbocycles. The van der Waals surface area contributed by atoms with E-state index < -0.39 is 79.9 Å². The highest BCUT2D eigenvalue weighted by Crippen LogP contribution is 2.14. The first-order valence-electron chi connectivity index (χ1n) is 7.96. The molecular weight excluding hydrogens is 472 g/mol. The Kier molecular flexibility index (Phi) is 13.4. The normalized spacial score (nSPS) is 12.5. The van der Waals surface area contributed by atoms with Gasteiger partial charge < -0.3 is 15.3 Å². The van der Waals surface area contributed by atoms with Gasteiger partial charge in [0.15, 0.2) is 18.8 Å². The van der Waals surface area contributed by atoms with E-state index in [4.69, 9.17) is 5.11 Å². The fourth-order valence-electron chi connectivity index (χ4n) is 1.48.